The van der Waals surface area contributed by atoms with Gasteiger partial charge in [0.05, 0.1) is 5.56 Å². The summed E-state index contributed by atoms with van der Waals surface area (Å²) < 4.78 is 38.8. The Bertz CT molecular complexity index is 404. The predicted molar refractivity (Wildman–Crippen MR) is 70.4 cm³/mol. The maximum absolute atomic E-state index is 12.7. The minimum Gasteiger partial charge on any atom is -0.313 e. The van der Waals surface area contributed by atoms with Crippen molar-refractivity contribution in [3.8, 4) is 0 Å². The van der Waals surface area contributed by atoms with Crippen LogP contribution in [0.1, 0.15) is 37.4 Å². The average Bonchev–Trinajstić information content (AvgIpc) is 2.30. The van der Waals surface area contributed by atoms with E-state index in [1.807, 2.05) is 13.8 Å². The molecule has 0 heterocycles. The number of alkyl halides is 3. The molecule has 1 aromatic carbocycles. The fraction of sp³-hybridized carbons (Fsp3) is 0.538. The first-order valence-electron chi connectivity index (χ1n) is 5.85. The summed E-state index contributed by atoms with van der Waals surface area (Å²) in [5.74, 6) is 0.259. The zero-order chi connectivity index (χ0) is 13.9. The Morgan fingerprint density at radius 2 is 1.94 bits per heavy atom. The summed E-state index contributed by atoms with van der Waals surface area (Å²) in [6, 6.07) is 3.69. The Morgan fingerprint density at radius 3 is 2.39 bits per heavy atom. The quantitative estimate of drug-likeness (QED) is 0.841. The highest BCUT2D eigenvalue weighted by Gasteiger charge is 2.32. The van der Waals surface area contributed by atoms with Crippen LogP contribution in [0.15, 0.2) is 22.7 Å². The van der Waals surface area contributed by atoms with Gasteiger partial charge in [-0.05, 0) is 36.7 Å². The van der Waals surface area contributed by atoms with E-state index in [4.69, 9.17) is 0 Å². The van der Waals surface area contributed by atoms with Gasteiger partial charge in [-0.15, -0.1) is 0 Å². The van der Waals surface area contributed by atoms with Crippen LogP contribution >= 0.6 is 15.9 Å². The summed E-state index contributed by atoms with van der Waals surface area (Å²) in [7, 11) is 1.77. The van der Waals surface area contributed by atoms with Gasteiger partial charge < -0.3 is 5.32 Å². The lowest BCUT2D eigenvalue weighted by Gasteiger charge is -2.25. The normalized spacial score (nSPS) is 15.5. The minimum absolute atomic E-state index is 0.0910. The van der Waals surface area contributed by atoms with Crippen LogP contribution < -0.4 is 5.32 Å². The molecule has 2 unspecified atom stereocenters. The van der Waals surface area contributed by atoms with Gasteiger partial charge in [0.1, 0.15) is 0 Å². The van der Waals surface area contributed by atoms with Crippen LogP contribution in [0.25, 0.3) is 0 Å². The van der Waals surface area contributed by atoms with E-state index < -0.39 is 11.7 Å². The summed E-state index contributed by atoms with van der Waals surface area (Å²) >= 11 is 3.33. The smallest absolute Gasteiger partial charge is 0.313 e. The first kappa shape index (κ1) is 15.5. The van der Waals surface area contributed by atoms with E-state index in [0.717, 1.165) is 12.5 Å². The molecule has 1 nitrogen and oxygen atoms in total. The van der Waals surface area contributed by atoms with Crippen molar-refractivity contribution in [2.24, 2.45) is 5.92 Å². The first-order chi connectivity index (χ1) is 8.31. The lowest BCUT2D eigenvalue weighted by atomic mass is 9.91. The molecule has 1 aromatic rings. The standard InChI is InChI=1S/C13H17BrF3N/c1-4-8(2)12(18-3)10-7-9(13(15,16)17)5-6-11(10)14/h5-8,12,18H,4H2,1-3H3. The van der Waals surface area contributed by atoms with Crippen LogP contribution in [0.4, 0.5) is 13.2 Å². The van der Waals surface area contributed by atoms with E-state index in [0.29, 0.717) is 10.0 Å². The second-order valence-electron chi connectivity index (χ2n) is 4.39. The van der Waals surface area contributed by atoms with Crippen LogP contribution in [0, 0.1) is 5.92 Å². The number of hydrogen-bond acceptors (Lipinski definition) is 1. The molecule has 0 fully saturated rings. The molecule has 1 N–H and O–H groups in total. The molecule has 0 amide bonds. The maximum atomic E-state index is 12.7. The Hall–Kier alpha value is -0.550. The molecular formula is C13H17BrF3N. The molecule has 0 saturated heterocycles. The van der Waals surface area contributed by atoms with Crippen LogP contribution in [-0.2, 0) is 6.18 Å². The van der Waals surface area contributed by atoms with Crippen molar-refractivity contribution in [1.82, 2.24) is 5.32 Å². The molecule has 5 heteroatoms. The highest BCUT2D eigenvalue weighted by atomic mass is 79.9. The molecule has 2 atom stereocenters. The van der Waals surface area contributed by atoms with Crippen LogP contribution in [0.5, 0.6) is 0 Å². The van der Waals surface area contributed by atoms with Crippen molar-refractivity contribution in [2.75, 3.05) is 7.05 Å². The van der Waals surface area contributed by atoms with Crippen molar-refractivity contribution in [1.29, 1.82) is 0 Å². The van der Waals surface area contributed by atoms with Crippen molar-refractivity contribution < 1.29 is 13.2 Å². The van der Waals surface area contributed by atoms with Gasteiger partial charge in [0.2, 0.25) is 0 Å². The molecule has 18 heavy (non-hydrogen) atoms. The molecule has 0 aliphatic heterocycles. The maximum Gasteiger partial charge on any atom is 0.416 e. The van der Waals surface area contributed by atoms with Gasteiger partial charge in [-0.2, -0.15) is 13.2 Å². The SMILES string of the molecule is CCC(C)C(NC)c1cc(C(F)(F)F)ccc1Br. The zero-order valence-corrected chi connectivity index (χ0v) is 12.2. The number of benzene rings is 1. The van der Waals surface area contributed by atoms with E-state index in [9.17, 15) is 13.2 Å². The molecule has 102 valence electrons. The van der Waals surface area contributed by atoms with E-state index >= 15 is 0 Å². The van der Waals surface area contributed by atoms with E-state index in [2.05, 4.69) is 21.2 Å². The summed E-state index contributed by atoms with van der Waals surface area (Å²) in [4.78, 5) is 0. The number of rotatable bonds is 4. The fourth-order valence-electron chi connectivity index (χ4n) is 1.94. The minimum atomic E-state index is -4.30. The first-order valence-corrected chi connectivity index (χ1v) is 6.64. The molecule has 0 bridgehead atoms. The van der Waals surface area contributed by atoms with E-state index in [1.54, 1.807) is 7.05 Å². The van der Waals surface area contributed by atoms with E-state index in [-0.39, 0.29) is 12.0 Å². The van der Waals surface area contributed by atoms with Crippen molar-refractivity contribution >= 4 is 15.9 Å². The Balaban J connectivity index is 3.21. The fourth-order valence-corrected chi connectivity index (χ4v) is 2.43. The third kappa shape index (κ3) is 3.48. The summed E-state index contributed by atoms with van der Waals surface area (Å²) in [5.41, 5.74) is 0.0472. The molecule has 0 aliphatic rings. The predicted octanol–water partition coefficient (Wildman–Crippen LogP) is 4.77. The molecule has 0 spiro atoms. The molecule has 0 aromatic heterocycles. The Labute approximate surface area is 114 Å². The molecule has 1 rings (SSSR count). The topological polar surface area (TPSA) is 12.0 Å². The van der Waals surface area contributed by atoms with Gasteiger partial charge in [0.15, 0.2) is 0 Å². The summed E-state index contributed by atoms with van der Waals surface area (Å²) in [6.45, 7) is 4.05. The summed E-state index contributed by atoms with van der Waals surface area (Å²) in [5, 5.41) is 3.09. The lowest BCUT2D eigenvalue weighted by Crippen LogP contribution is -2.24. The van der Waals surface area contributed by atoms with Gasteiger partial charge >= 0.3 is 6.18 Å². The molecule has 0 saturated carbocycles. The summed E-state index contributed by atoms with van der Waals surface area (Å²) in [6.07, 6.45) is -3.41. The zero-order valence-electron chi connectivity index (χ0n) is 10.6. The molecular weight excluding hydrogens is 307 g/mol. The Morgan fingerprint density at radius 1 is 1.33 bits per heavy atom. The van der Waals surface area contributed by atoms with Crippen LogP contribution in [0.3, 0.4) is 0 Å². The highest BCUT2D eigenvalue weighted by molar-refractivity contribution is 9.10. The molecule has 0 aliphatic carbocycles. The van der Waals surface area contributed by atoms with Crippen molar-refractivity contribution in [2.45, 2.75) is 32.5 Å². The number of halogens is 4. The number of nitrogens with one attached hydrogen (secondary N) is 1. The van der Waals surface area contributed by atoms with E-state index in [1.165, 1.54) is 12.1 Å². The number of hydrogen-bond donors (Lipinski definition) is 1. The van der Waals surface area contributed by atoms with Crippen molar-refractivity contribution in [3.63, 3.8) is 0 Å². The third-order valence-electron chi connectivity index (χ3n) is 3.18. The molecule has 0 radical (unpaired) electrons. The van der Waals surface area contributed by atoms with Crippen LogP contribution in [0.2, 0.25) is 0 Å². The van der Waals surface area contributed by atoms with Gasteiger partial charge in [-0.25, -0.2) is 0 Å². The van der Waals surface area contributed by atoms with Crippen molar-refractivity contribution in [3.05, 3.63) is 33.8 Å². The van der Waals surface area contributed by atoms with Gasteiger partial charge in [0.25, 0.3) is 0 Å². The third-order valence-corrected chi connectivity index (χ3v) is 3.90. The lowest BCUT2D eigenvalue weighted by molar-refractivity contribution is -0.137. The van der Waals surface area contributed by atoms with Gasteiger partial charge in [-0.3, -0.25) is 0 Å². The van der Waals surface area contributed by atoms with Gasteiger partial charge in [-0.1, -0.05) is 36.2 Å². The monoisotopic (exact) mass is 323 g/mol. The second kappa shape index (κ2) is 6.06. The van der Waals surface area contributed by atoms with Gasteiger partial charge in [0, 0.05) is 10.5 Å². The average molecular weight is 324 g/mol. The highest BCUT2D eigenvalue weighted by Crippen LogP contribution is 2.36. The van der Waals surface area contributed by atoms with Crippen LogP contribution in [-0.4, -0.2) is 7.05 Å². The second-order valence-corrected chi connectivity index (χ2v) is 5.24. The largest absolute Gasteiger partial charge is 0.416 e. The Kier molecular flexibility index (Phi) is 5.22.